The van der Waals surface area contributed by atoms with Gasteiger partial charge in [-0.15, -0.1) is 35.1 Å². The van der Waals surface area contributed by atoms with E-state index in [9.17, 15) is 4.79 Å². The van der Waals surface area contributed by atoms with Crippen LogP contribution in [0.5, 0.6) is 0 Å². The number of hydrogen-bond acceptors (Lipinski definition) is 4. The SMILES string of the molecule is Cl.O=C1C(=Cc2cccs2)CNCC1=Cc1cccs1. The van der Waals surface area contributed by atoms with Crippen LogP contribution in [0.25, 0.3) is 12.2 Å². The highest BCUT2D eigenvalue weighted by Gasteiger charge is 2.20. The van der Waals surface area contributed by atoms with Gasteiger partial charge in [-0.3, -0.25) is 4.79 Å². The van der Waals surface area contributed by atoms with Crippen LogP contribution < -0.4 is 5.32 Å². The molecule has 5 heteroatoms. The first-order valence-electron chi connectivity index (χ1n) is 6.06. The molecule has 0 saturated carbocycles. The molecular formula is C15H14ClNOS2. The van der Waals surface area contributed by atoms with Crippen LogP contribution in [0.2, 0.25) is 0 Å². The summed E-state index contributed by atoms with van der Waals surface area (Å²) in [6, 6.07) is 8.06. The summed E-state index contributed by atoms with van der Waals surface area (Å²) in [5.41, 5.74) is 1.69. The fraction of sp³-hybridized carbons (Fsp3) is 0.133. The molecule has 0 spiro atoms. The Morgan fingerprint density at radius 2 is 1.45 bits per heavy atom. The van der Waals surface area contributed by atoms with Gasteiger partial charge >= 0.3 is 0 Å². The summed E-state index contributed by atoms with van der Waals surface area (Å²) in [7, 11) is 0. The molecule has 1 fully saturated rings. The van der Waals surface area contributed by atoms with Gasteiger partial charge in [-0.25, -0.2) is 0 Å². The Morgan fingerprint density at radius 3 is 1.85 bits per heavy atom. The van der Waals surface area contributed by atoms with Crippen molar-refractivity contribution in [1.82, 2.24) is 5.32 Å². The van der Waals surface area contributed by atoms with E-state index in [1.807, 2.05) is 47.2 Å². The molecule has 2 aromatic rings. The first-order valence-corrected chi connectivity index (χ1v) is 7.82. The maximum absolute atomic E-state index is 12.4. The summed E-state index contributed by atoms with van der Waals surface area (Å²) in [4.78, 5) is 14.7. The van der Waals surface area contributed by atoms with Crippen molar-refractivity contribution >= 4 is 53.0 Å². The van der Waals surface area contributed by atoms with Gasteiger partial charge in [0.15, 0.2) is 5.78 Å². The number of ketones is 1. The molecule has 0 aromatic carbocycles. The van der Waals surface area contributed by atoms with Gasteiger partial charge in [-0.05, 0) is 35.0 Å². The van der Waals surface area contributed by atoms with Crippen molar-refractivity contribution in [3.05, 3.63) is 55.9 Å². The van der Waals surface area contributed by atoms with Crippen LogP contribution >= 0.6 is 35.1 Å². The van der Waals surface area contributed by atoms with Crippen molar-refractivity contribution in [2.75, 3.05) is 13.1 Å². The number of carbonyl (C=O) groups excluding carboxylic acids is 1. The molecular weight excluding hydrogens is 310 g/mol. The van der Waals surface area contributed by atoms with Crippen molar-refractivity contribution < 1.29 is 4.79 Å². The predicted molar refractivity (Wildman–Crippen MR) is 89.7 cm³/mol. The highest BCUT2D eigenvalue weighted by atomic mass is 35.5. The zero-order chi connectivity index (χ0) is 13.1. The highest BCUT2D eigenvalue weighted by molar-refractivity contribution is 7.11. The van der Waals surface area contributed by atoms with Crippen LogP contribution in [0.15, 0.2) is 46.2 Å². The zero-order valence-electron chi connectivity index (χ0n) is 10.7. The van der Waals surface area contributed by atoms with Gasteiger partial charge in [0.1, 0.15) is 0 Å². The van der Waals surface area contributed by atoms with E-state index in [0.717, 1.165) is 20.9 Å². The third-order valence-electron chi connectivity index (χ3n) is 2.93. The monoisotopic (exact) mass is 323 g/mol. The van der Waals surface area contributed by atoms with E-state index in [1.54, 1.807) is 22.7 Å². The second-order valence-corrected chi connectivity index (χ2v) is 6.26. The normalized spacial score (nSPS) is 19.3. The largest absolute Gasteiger partial charge is 0.308 e. The molecule has 20 heavy (non-hydrogen) atoms. The van der Waals surface area contributed by atoms with E-state index in [1.165, 1.54) is 0 Å². The molecule has 0 unspecified atom stereocenters. The molecule has 0 atom stereocenters. The van der Waals surface area contributed by atoms with Crippen LogP contribution in [-0.2, 0) is 4.79 Å². The van der Waals surface area contributed by atoms with Gasteiger partial charge in [0, 0.05) is 34.0 Å². The van der Waals surface area contributed by atoms with E-state index in [2.05, 4.69) is 5.32 Å². The van der Waals surface area contributed by atoms with E-state index in [-0.39, 0.29) is 18.2 Å². The Balaban J connectivity index is 0.00000147. The van der Waals surface area contributed by atoms with Crippen LogP contribution in [0.3, 0.4) is 0 Å². The molecule has 1 N–H and O–H groups in total. The van der Waals surface area contributed by atoms with Crippen molar-refractivity contribution in [2.24, 2.45) is 0 Å². The predicted octanol–water partition coefficient (Wildman–Crippen LogP) is 3.87. The molecule has 1 aliphatic heterocycles. The molecule has 0 amide bonds. The quantitative estimate of drug-likeness (QED) is 0.850. The lowest BCUT2D eigenvalue weighted by Crippen LogP contribution is -2.32. The Bertz CT molecular complexity index is 573. The fourth-order valence-electron chi connectivity index (χ4n) is 2.02. The maximum atomic E-state index is 12.4. The van der Waals surface area contributed by atoms with Crippen LogP contribution in [-0.4, -0.2) is 18.9 Å². The summed E-state index contributed by atoms with van der Waals surface area (Å²) >= 11 is 3.30. The number of hydrogen-bond donors (Lipinski definition) is 1. The minimum atomic E-state index is 0. The summed E-state index contributed by atoms with van der Waals surface area (Å²) in [6.45, 7) is 1.30. The first-order chi connectivity index (χ1) is 9.33. The Labute approximate surface area is 132 Å². The summed E-state index contributed by atoms with van der Waals surface area (Å²) in [6.07, 6.45) is 3.98. The van der Waals surface area contributed by atoms with Gasteiger partial charge in [0.2, 0.25) is 0 Å². The van der Waals surface area contributed by atoms with E-state index >= 15 is 0 Å². The zero-order valence-corrected chi connectivity index (χ0v) is 13.1. The average Bonchev–Trinajstić information content (AvgIpc) is 3.07. The third kappa shape index (κ3) is 3.46. The number of rotatable bonds is 2. The second kappa shape index (κ2) is 6.99. The van der Waals surface area contributed by atoms with E-state index in [0.29, 0.717) is 13.1 Å². The average molecular weight is 324 g/mol. The van der Waals surface area contributed by atoms with E-state index in [4.69, 9.17) is 0 Å². The van der Waals surface area contributed by atoms with E-state index < -0.39 is 0 Å². The first kappa shape index (κ1) is 15.2. The minimum absolute atomic E-state index is 0. The molecule has 0 bridgehead atoms. The van der Waals surface area contributed by atoms with Crippen molar-refractivity contribution in [3.8, 4) is 0 Å². The minimum Gasteiger partial charge on any atom is -0.308 e. The van der Waals surface area contributed by atoms with Gasteiger partial charge in [0.05, 0.1) is 0 Å². The Morgan fingerprint density at radius 1 is 0.950 bits per heavy atom. The lowest BCUT2D eigenvalue weighted by Gasteiger charge is -2.17. The Kier molecular flexibility index (Phi) is 5.31. The fourth-order valence-corrected chi connectivity index (χ4v) is 3.39. The lowest BCUT2D eigenvalue weighted by atomic mass is 9.98. The van der Waals surface area contributed by atoms with Crippen molar-refractivity contribution in [2.45, 2.75) is 0 Å². The summed E-state index contributed by atoms with van der Waals surface area (Å²) < 4.78 is 0. The summed E-state index contributed by atoms with van der Waals surface area (Å²) in [5, 5.41) is 7.34. The smallest absolute Gasteiger partial charge is 0.187 e. The lowest BCUT2D eigenvalue weighted by molar-refractivity contribution is -0.112. The Hall–Kier alpha value is -1.20. The summed E-state index contributed by atoms with van der Waals surface area (Å²) in [5.74, 6) is 0.167. The highest BCUT2D eigenvalue weighted by Crippen LogP contribution is 2.20. The molecule has 0 radical (unpaired) electrons. The number of Topliss-reactive ketones (excluding diaryl/α,β-unsaturated/α-hetero) is 1. The second-order valence-electron chi connectivity index (χ2n) is 4.30. The molecule has 3 heterocycles. The molecule has 104 valence electrons. The van der Waals surface area contributed by atoms with Gasteiger partial charge < -0.3 is 5.32 Å². The van der Waals surface area contributed by atoms with Gasteiger partial charge in [0.25, 0.3) is 0 Å². The number of piperidine rings is 1. The molecule has 3 rings (SSSR count). The van der Waals surface area contributed by atoms with Crippen LogP contribution in [0, 0.1) is 0 Å². The van der Waals surface area contributed by atoms with Gasteiger partial charge in [-0.1, -0.05) is 12.1 Å². The molecule has 2 nitrogen and oxygen atoms in total. The standard InChI is InChI=1S/C15H13NOS2.ClH/c17-15-11(7-13-3-1-5-18-13)9-16-10-12(15)8-14-4-2-6-19-14;/h1-8,16H,9-10H2;1H. The third-order valence-corrected chi connectivity index (χ3v) is 4.57. The molecule has 2 aromatic heterocycles. The van der Waals surface area contributed by atoms with Gasteiger partial charge in [-0.2, -0.15) is 0 Å². The molecule has 1 aliphatic rings. The molecule has 1 saturated heterocycles. The topological polar surface area (TPSA) is 29.1 Å². The number of halogens is 1. The number of thiophene rings is 2. The van der Waals surface area contributed by atoms with Crippen LogP contribution in [0.1, 0.15) is 9.75 Å². The maximum Gasteiger partial charge on any atom is 0.187 e. The molecule has 0 aliphatic carbocycles. The van der Waals surface area contributed by atoms with Crippen molar-refractivity contribution in [1.29, 1.82) is 0 Å². The van der Waals surface area contributed by atoms with Crippen LogP contribution in [0.4, 0.5) is 0 Å². The number of carbonyl (C=O) groups is 1. The number of nitrogens with one attached hydrogen (secondary N) is 1. The van der Waals surface area contributed by atoms with Crippen molar-refractivity contribution in [3.63, 3.8) is 0 Å².